The van der Waals surface area contributed by atoms with Crippen molar-refractivity contribution in [3.63, 3.8) is 0 Å². The molecule has 1 saturated carbocycles. The van der Waals surface area contributed by atoms with Gasteiger partial charge in [-0.15, -0.1) is 0 Å². The highest BCUT2D eigenvalue weighted by Gasteiger charge is 2.28. The summed E-state index contributed by atoms with van der Waals surface area (Å²) in [5.41, 5.74) is 6.87. The summed E-state index contributed by atoms with van der Waals surface area (Å²) in [6, 6.07) is 10.9. The smallest absolute Gasteiger partial charge is 0.254 e. The van der Waals surface area contributed by atoms with E-state index in [1.807, 2.05) is 22.6 Å². The first-order valence-corrected chi connectivity index (χ1v) is 12.0. The molecular weight excluding hydrogens is 443 g/mol. The van der Waals surface area contributed by atoms with Crippen LogP contribution in [0.4, 0.5) is 15.9 Å². The minimum Gasteiger partial charge on any atom is -0.348 e. The van der Waals surface area contributed by atoms with Gasteiger partial charge in [0.25, 0.3) is 5.91 Å². The number of imidazole rings is 1. The summed E-state index contributed by atoms with van der Waals surface area (Å²) in [4.78, 5) is 24.3. The van der Waals surface area contributed by atoms with Gasteiger partial charge in [0, 0.05) is 30.9 Å². The summed E-state index contributed by atoms with van der Waals surface area (Å²) < 4.78 is 15.5. The van der Waals surface area contributed by atoms with Crippen molar-refractivity contribution in [3.05, 3.63) is 77.0 Å². The number of anilines is 2. The van der Waals surface area contributed by atoms with E-state index < -0.39 is 0 Å². The highest BCUT2D eigenvalue weighted by molar-refractivity contribution is 6.06. The van der Waals surface area contributed by atoms with E-state index in [9.17, 15) is 9.18 Å². The molecule has 2 aliphatic rings. The van der Waals surface area contributed by atoms with Crippen molar-refractivity contribution in [2.45, 2.75) is 38.3 Å². The van der Waals surface area contributed by atoms with Crippen LogP contribution < -0.4 is 10.6 Å². The number of nitrogens with one attached hydrogen (secondary N) is 2. The minimum absolute atomic E-state index is 0.121. The number of rotatable bonds is 6. The summed E-state index contributed by atoms with van der Waals surface area (Å²) in [5, 5.41) is 6.36. The van der Waals surface area contributed by atoms with Gasteiger partial charge in [-0.2, -0.15) is 0 Å². The van der Waals surface area contributed by atoms with Crippen LogP contribution in [0.1, 0.15) is 52.4 Å². The Morgan fingerprint density at radius 3 is 2.83 bits per heavy atom. The van der Waals surface area contributed by atoms with Crippen molar-refractivity contribution in [1.82, 2.24) is 24.6 Å². The van der Waals surface area contributed by atoms with Crippen molar-refractivity contribution in [1.29, 1.82) is 0 Å². The summed E-state index contributed by atoms with van der Waals surface area (Å²) in [5.74, 6) is 0.870. The summed E-state index contributed by atoms with van der Waals surface area (Å²) in [6.07, 6.45) is 7.10. The number of amides is 1. The molecule has 0 atom stereocenters. The number of carbonyl (C=O) groups is 1. The molecule has 178 valence electrons. The first-order valence-electron chi connectivity index (χ1n) is 12.0. The lowest BCUT2D eigenvalue weighted by atomic mass is 9.79. The molecule has 1 aromatic carbocycles. The largest absolute Gasteiger partial charge is 0.348 e. The third-order valence-electron chi connectivity index (χ3n) is 7.00. The Hall–Kier alpha value is -3.78. The third-order valence-corrected chi connectivity index (χ3v) is 7.00. The molecule has 0 bridgehead atoms. The number of carbonyl (C=O) groups excluding carboxylic acids is 1. The fourth-order valence-corrected chi connectivity index (χ4v) is 5.08. The molecule has 3 aromatic heterocycles. The fraction of sp³-hybridized carbons (Fsp3) is 0.296. The van der Waals surface area contributed by atoms with E-state index in [0.717, 1.165) is 40.6 Å². The number of nitrogens with zero attached hydrogens (tertiary/aromatic N) is 4. The van der Waals surface area contributed by atoms with E-state index in [4.69, 9.17) is 4.98 Å². The van der Waals surface area contributed by atoms with Gasteiger partial charge >= 0.3 is 0 Å². The Morgan fingerprint density at radius 2 is 2.06 bits per heavy atom. The van der Waals surface area contributed by atoms with Crippen LogP contribution in [0.5, 0.6) is 0 Å². The minimum atomic E-state index is -0.333. The molecule has 0 radical (unpaired) electrons. The van der Waals surface area contributed by atoms with Gasteiger partial charge in [0.15, 0.2) is 0 Å². The second-order valence-electron chi connectivity index (χ2n) is 9.64. The SMILES string of the molecule is CN(C)Cc1nc(Nc2ccc(-c3cnc4cc(F)ccn34)c3c2C(=O)NC3)ccc1C1CCC1. The lowest BCUT2D eigenvalue weighted by Crippen LogP contribution is -2.18. The number of pyridine rings is 2. The van der Waals surface area contributed by atoms with Gasteiger partial charge in [0.1, 0.15) is 17.3 Å². The lowest BCUT2D eigenvalue weighted by Gasteiger charge is -2.28. The van der Waals surface area contributed by atoms with Gasteiger partial charge in [0.2, 0.25) is 0 Å². The van der Waals surface area contributed by atoms with Crippen molar-refractivity contribution in [3.8, 4) is 11.3 Å². The highest BCUT2D eigenvalue weighted by Crippen LogP contribution is 2.39. The van der Waals surface area contributed by atoms with Crippen molar-refractivity contribution in [2.24, 2.45) is 0 Å². The Labute approximate surface area is 203 Å². The molecule has 1 aliphatic heterocycles. The maximum absolute atomic E-state index is 13.6. The average molecular weight is 471 g/mol. The molecule has 0 saturated heterocycles. The standard InChI is InChI=1S/C27H27FN6O/c1-33(2)15-22-18(16-4-3-5-16)7-9-24(32-22)31-21-8-6-19(20-13-30-27(35)26(20)21)23-14-29-25-12-17(28)10-11-34(23)25/h6-12,14,16H,3-5,13,15H2,1-2H3,(H,30,35)(H,31,32). The van der Waals surface area contributed by atoms with Crippen LogP contribution in [0.25, 0.3) is 16.9 Å². The normalized spacial score (nSPS) is 15.4. The maximum Gasteiger partial charge on any atom is 0.254 e. The molecule has 8 heteroatoms. The molecular formula is C27H27FN6O. The van der Waals surface area contributed by atoms with E-state index in [2.05, 4.69) is 40.7 Å². The number of hydrogen-bond donors (Lipinski definition) is 2. The van der Waals surface area contributed by atoms with Crippen molar-refractivity contribution < 1.29 is 9.18 Å². The third kappa shape index (κ3) is 3.83. The van der Waals surface area contributed by atoms with E-state index >= 15 is 0 Å². The van der Waals surface area contributed by atoms with Crippen LogP contribution in [0, 0.1) is 5.82 Å². The summed E-state index contributed by atoms with van der Waals surface area (Å²) in [6.45, 7) is 1.20. The quantitative estimate of drug-likeness (QED) is 0.421. The molecule has 1 fully saturated rings. The molecule has 4 heterocycles. The van der Waals surface area contributed by atoms with Crippen molar-refractivity contribution in [2.75, 3.05) is 19.4 Å². The zero-order chi connectivity index (χ0) is 24.1. The average Bonchev–Trinajstić information content (AvgIpc) is 3.38. The Morgan fingerprint density at radius 1 is 1.20 bits per heavy atom. The molecule has 6 rings (SSSR count). The summed E-state index contributed by atoms with van der Waals surface area (Å²) in [7, 11) is 4.10. The molecule has 0 spiro atoms. The van der Waals surface area contributed by atoms with E-state index in [-0.39, 0.29) is 11.7 Å². The lowest BCUT2D eigenvalue weighted by molar-refractivity contribution is 0.0966. The van der Waals surface area contributed by atoms with Gasteiger partial charge in [-0.05, 0) is 62.2 Å². The predicted molar refractivity (Wildman–Crippen MR) is 133 cm³/mol. The van der Waals surface area contributed by atoms with Gasteiger partial charge in [-0.3, -0.25) is 9.20 Å². The maximum atomic E-state index is 13.6. The van der Waals surface area contributed by atoms with Crippen LogP contribution in [0.15, 0.2) is 48.8 Å². The zero-order valence-corrected chi connectivity index (χ0v) is 19.8. The first kappa shape index (κ1) is 21.7. The van der Waals surface area contributed by atoms with Crippen LogP contribution in [0.3, 0.4) is 0 Å². The highest BCUT2D eigenvalue weighted by atomic mass is 19.1. The number of hydrogen-bond acceptors (Lipinski definition) is 5. The van der Waals surface area contributed by atoms with Gasteiger partial charge in [-0.25, -0.2) is 14.4 Å². The molecule has 7 nitrogen and oxygen atoms in total. The molecule has 0 unspecified atom stereocenters. The van der Waals surface area contributed by atoms with Crippen LogP contribution in [-0.2, 0) is 13.1 Å². The number of halogens is 1. The van der Waals surface area contributed by atoms with E-state index in [0.29, 0.717) is 23.7 Å². The van der Waals surface area contributed by atoms with Gasteiger partial charge < -0.3 is 15.5 Å². The fourth-order valence-electron chi connectivity index (χ4n) is 5.08. The van der Waals surface area contributed by atoms with Crippen LogP contribution in [0.2, 0.25) is 0 Å². The summed E-state index contributed by atoms with van der Waals surface area (Å²) >= 11 is 0. The van der Waals surface area contributed by atoms with E-state index in [1.165, 1.54) is 37.0 Å². The number of aromatic nitrogens is 3. The molecule has 4 aromatic rings. The van der Waals surface area contributed by atoms with Crippen molar-refractivity contribution >= 4 is 23.1 Å². The second-order valence-corrected chi connectivity index (χ2v) is 9.64. The molecule has 2 N–H and O–H groups in total. The monoisotopic (exact) mass is 470 g/mol. The Bertz CT molecular complexity index is 1460. The molecule has 1 amide bonds. The zero-order valence-electron chi connectivity index (χ0n) is 19.8. The second kappa shape index (κ2) is 8.46. The van der Waals surface area contributed by atoms with Gasteiger partial charge in [0.05, 0.1) is 28.8 Å². The molecule has 1 aliphatic carbocycles. The van der Waals surface area contributed by atoms with Crippen LogP contribution in [-0.4, -0.2) is 39.3 Å². The topological polar surface area (TPSA) is 74.6 Å². The number of fused-ring (bicyclic) bond motifs is 2. The molecule has 35 heavy (non-hydrogen) atoms. The Kier molecular flexibility index (Phi) is 5.25. The van der Waals surface area contributed by atoms with Crippen LogP contribution >= 0.6 is 0 Å². The number of benzene rings is 1. The van der Waals surface area contributed by atoms with E-state index in [1.54, 1.807) is 12.4 Å². The Balaban J connectivity index is 1.38. The van der Waals surface area contributed by atoms with Gasteiger partial charge in [-0.1, -0.05) is 18.6 Å². The first-order chi connectivity index (χ1) is 17.0. The predicted octanol–water partition coefficient (Wildman–Crippen LogP) is 4.85.